The Bertz CT molecular complexity index is 692. The van der Waals surface area contributed by atoms with Gasteiger partial charge in [-0.1, -0.05) is 12.1 Å². The molecule has 0 unspecified atom stereocenters. The summed E-state index contributed by atoms with van der Waals surface area (Å²) in [7, 11) is 1.96. The van der Waals surface area contributed by atoms with Crippen molar-refractivity contribution < 1.29 is 0 Å². The zero-order chi connectivity index (χ0) is 12.0. The first-order valence-corrected chi connectivity index (χ1v) is 5.41. The van der Waals surface area contributed by atoms with E-state index in [1.165, 1.54) is 0 Å². The fraction of sp³-hybridized carbons (Fsp3) is 0.167. The topological polar surface area (TPSA) is 61.7 Å². The molecule has 0 fully saturated rings. The van der Waals surface area contributed by atoms with E-state index < -0.39 is 0 Å². The van der Waals surface area contributed by atoms with Crippen LogP contribution >= 0.6 is 0 Å². The number of rotatable bonds is 1. The first-order chi connectivity index (χ1) is 8.16. The van der Waals surface area contributed by atoms with Crippen LogP contribution in [-0.4, -0.2) is 19.3 Å². The number of para-hydroxylation sites is 2. The lowest BCUT2D eigenvalue weighted by Crippen LogP contribution is -2.07. The van der Waals surface area contributed by atoms with Crippen LogP contribution in [0.15, 0.2) is 30.3 Å². The molecule has 0 atom stereocenters. The molecule has 0 spiro atoms. The highest BCUT2D eigenvalue weighted by atomic mass is 15.4. The Balaban J connectivity index is 2.31. The van der Waals surface area contributed by atoms with Crippen molar-refractivity contribution in [3.05, 3.63) is 36.0 Å². The van der Waals surface area contributed by atoms with Crippen LogP contribution in [0, 0.1) is 6.92 Å². The summed E-state index contributed by atoms with van der Waals surface area (Å²) >= 11 is 0. The molecule has 0 amide bonds. The number of benzene rings is 1. The van der Waals surface area contributed by atoms with Crippen molar-refractivity contribution in [2.75, 3.05) is 5.73 Å². The second-order valence-electron chi connectivity index (χ2n) is 4.08. The summed E-state index contributed by atoms with van der Waals surface area (Å²) in [5.41, 5.74) is 8.80. The van der Waals surface area contributed by atoms with E-state index in [4.69, 9.17) is 5.73 Å². The van der Waals surface area contributed by atoms with Gasteiger partial charge in [-0.2, -0.15) is 9.78 Å². The Morgan fingerprint density at radius 3 is 2.65 bits per heavy atom. The van der Waals surface area contributed by atoms with Crippen LogP contribution in [-0.2, 0) is 7.05 Å². The molecule has 17 heavy (non-hydrogen) atoms. The normalized spacial score (nSPS) is 11.2. The van der Waals surface area contributed by atoms with E-state index in [0.29, 0.717) is 5.82 Å². The molecule has 86 valence electrons. The lowest BCUT2D eigenvalue weighted by atomic mass is 10.3. The molecule has 0 saturated heterocycles. The van der Waals surface area contributed by atoms with Crippen molar-refractivity contribution in [3.63, 3.8) is 0 Å². The third-order valence-electron chi connectivity index (χ3n) is 2.81. The molecule has 3 aromatic rings. The molecule has 0 aliphatic carbocycles. The van der Waals surface area contributed by atoms with Crippen molar-refractivity contribution in [2.45, 2.75) is 6.92 Å². The van der Waals surface area contributed by atoms with E-state index >= 15 is 0 Å². The van der Waals surface area contributed by atoms with Crippen LogP contribution in [0.4, 0.5) is 5.82 Å². The Kier molecular flexibility index (Phi) is 1.95. The van der Waals surface area contributed by atoms with E-state index in [0.717, 1.165) is 22.7 Å². The molecule has 2 aromatic heterocycles. The highest BCUT2D eigenvalue weighted by Crippen LogP contribution is 2.19. The lowest BCUT2D eigenvalue weighted by molar-refractivity contribution is 0.761. The lowest BCUT2D eigenvalue weighted by Gasteiger charge is -2.03. The maximum Gasteiger partial charge on any atom is 0.233 e. The predicted molar refractivity (Wildman–Crippen MR) is 67.0 cm³/mol. The van der Waals surface area contributed by atoms with Crippen molar-refractivity contribution in [3.8, 4) is 5.95 Å². The van der Waals surface area contributed by atoms with Crippen LogP contribution < -0.4 is 5.73 Å². The van der Waals surface area contributed by atoms with E-state index in [9.17, 15) is 0 Å². The smallest absolute Gasteiger partial charge is 0.233 e. The fourth-order valence-electron chi connectivity index (χ4n) is 2.00. The number of fused-ring (bicyclic) bond motifs is 1. The molecule has 5 nitrogen and oxygen atoms in total. The molecule has 0 aliphatic rings. The summed E-state index contributed by atoms with van der Waals surface area (Å²) in [6.07, 6.45) is 0. The monoisotopic (exact) mass is 227 g/mol. The Morgan fingerprint density at radius 2 is 2.00 bits per heavy atom. The van der Waals surface area contributed by atoms with Gasteiger partial charge in [-0.15, -0.1) is 0 Å². The Hall–Kier alpha value is -2.30. The third kappa shape index (κ3) is 1.39. The molecule has 2 N–H and O–H groups in total. The van der Waals surface area contributed by atoms with Crippen LogP contribution in [0.1, 0.15) is 5.69 Å². The van der Waals surface area contributed by atoms with Crippen molar-refractivity contribution in [1.29, 1.82) is 0 Å². The SMILES string of the molecule is Cc1cc(N)n(-c2nc3ccccc3n2C)n1. The van der Waals surface area contributed by atoms with Gasteiger partial charge in [0.2, 0.25) is 5.95 Å². The molecule has 0 aliphatic heterocycles. The number of hydrogen-bond acceptors (Lipinski definition) is 3. The van der Waals surface area contributed by atoms with Crippen LogP contribution in [0.5, 0.6) is 0 Å². The van der Waals surface area contributed by atoms with Gasteiger partial charge in [0.05, 0.1) is 16.7 Å². The zero-order valence-electron chi connectivity index (χ0n) is 9.75. The minimum atomic E-state index is 0.598. The van der Waals surface area contributed by atoms with Crippen LogP contribution in [0.2, 0.25) is 0 Å². The maximum absolute atomic E-state index is 5.91. The highest BCUT2D eigenvalue weighted by Gasteiger charge is 2.12. The summed E-state index contributed by atoms with van der Waals surface area (Å²) in [4.78, 5) is 4.54. The summed E-state index contributed by atoms with van der Waals surface area (Å²) in [6, 6.07) is 9.80. The molecular weight excluding hydrogens is 214 g/mol. The molecule has 3 rings (SSSR count). The number of nitrogens with zero attached hydrogens (tertiary/aromatic N) is 4. The quantitative estimate of drug-likeness (QED) is 0.687. The van der Waals surface area contributed by atoms with Gasteiger partial charge in [0, 0.05) is 13.1 Å². The van der Waals surface area contributed by atoms with Gasteiger partial charge in [0.25, 0.3) is 0 Å². The van der Waals surface area contributed by atoms with Crippen molar-refractivity contribution in [1.82, 2.24) is 19.3 Å². The van der Waals surface area contributed by atoms with Crippen LogP contribution in [0.25, 0.3) is 17.0 Å². The largest absolute Gasteiger partial charge is 0.383 e. The molecule has 1 aromatic carbocycles. The zero-order valence-corrected chi connectivity index (χ0v) is 9.75. The number of nitrogen functional groups attached to an aromatic ring is 1. The average molecular weight is 227 g/mol. The number of aryl methyl sites for hydroxylation is 2. The van der Waals surface area contributed by atoms with E-state index in [1.807, 2.05) is 48.9 Å². The first-order valence-electron chi connectivity index (χ1n) is 5.41. The van der Waals surface area contributed by atoms with E-state index in [1.54, 1.807) is 4.68 Å². The Labute approximate surface area is 98.5 Å². The summed E-state index contributed by atoms with van der Waals surface area (Å²) < 4.78 is 3.65. The highest BCUT2D eigenvalue weighted by molar-refractivity contribution is 5.77. The molecule has 0 saturated carbocycles. The number of nitrogens with two attached hydrogens (primary N) is 1. The summed E-state index contributed by atoms with van der Waals surface area (Å²) in [5, 5.41) is 4.34. The third-order valence-corrected chi connectivity index (χ3v) is 2.81. The second-order valence-corrected chi connectivity index (χ2v) is 4.08. The number of anilines is 1. The van der Waals surface area contributed by atoms with Gasteiger partial charge in [-0.05, 0) is 19.1 Å². The van der Waals surface area contributed by atoms with Gasteiger partial charge >= 0.3 is 0 Å². The van der Waals surface area contributed by atoms with E-state index in [2.05, 4.69) is 10.1 Å². The second kappa shape index (κ2) is 3.35. The molecule has 5 heteroatoms. The molecular formula is C12H13N5. The van der Waals surface area contributed by atoms with Gasteiger partial charge in [-0.25, -0.2) is 4.98 Å². The average Bonchev–Trinajstić information content (AvgIpc) is 2.80. The summed E-state index contributed by atoms with van der Waals surface area (Å²) in [5.74, 6) is 1.33. The minimum Gasteiger partial charge on any atom is -0.383 e. The number of imidazole rings is 1. The van der Waals surface area contributed by atoms with Crippen molar-refractivity contribution >= 4 is 16.9 Å². The van der Waals surface area contributed by atoms with Gasteiger partial charge in [0.15, 0.2) is 0 Å². The van der Waals surface area contributed by atoms with Crippen molar-refractivity contribution in [2.24, 2.45) is 7.05 Å². The minimum absolute atomic E-state index is 0.598. The number of hydrogen-bond donors (Lipinski definition) is 1. The molecule has 2 heterocycles. The van der Waals surface area contributed by atoms with Gasteiger partial charge < -0.3 is 10.3 Å². The van der Waals surface area contributed by atoms with Gasteiger partial charge in [0.1, 0.15) is 5.82 Å². The summed E-state index contributed by atoms with van der Waals surface area (Å²) in [6.45, 7) is 1.91. The first kappa shape index (κ1) is 9.89. The number of aromatic nitrogens is 4. The molecule has 0 bridgehead atoms. The maximum atomic E-state index is 5.91. The Morgan fingerprint density at radius 1 is 1.24 bits per heavy atom. The van der Waals surface area contributed by atoms with Gasteiger partial charge in [-0.3, -0.25) is 0 Å². The standard InChI is InChI=1S/C12H13N5/c1-8-7-11(13)17(15-8)12-14-9-5-3-4-6-10(9)16(12)2/h3-7H,13H2,1-2H3. The van der Waals surface area contributed by atoms with E-state index in [-0.39, 0.29) is 0 Å². The predicted octanol–water partition coefficient (Wildman–Crippen LogP) is 1.65. The van der Waals surface area contributed by atoms with Crippen LogP contribution in [0.3, 0.4) is 0 Å². The molecule has 0 radical (unpaired) electrons. The fourth-order valence-corrected chi connectivity index (χ4v) is 2.00.